The van der Waals surface area contributed by atoms with E-state index >= 15 is 0 Å². The number of halogens is 1. The van der Waals surface area contributed by atoms with Gasteiger partial charge in [-0.3, -0.25) is 4.79 Å². The normalized spacial score (nSPS) is 23.6. The highest BCUT2D eigenvalue weighted by atomic mass is 35.5. The lowest BCUT2D eigenvalue weighted by atomic mass is 10.3. The minimum absolute atomic E-state index is 0.0889. The lowest BCUT2D eigenvalue weighted by Gasteiger charge is -1.88. The van der Waals surface area contributed by atoms with Gasteiger partial charge in [0.15, 0.2) is 0 Å². The second-order valence-electron chi connectivity index (χ2n) is 3.93. The predicted molar refractivity (Wildman–Crippen MR) is 63.1 cm³/mol. The molecule has 0 bridgehead atoms. The summed E-state index contributed by atoms with van der Waals surface area (Å²) in [5, 5.41) is 10.5. The van der Waals surface area contributed by atoms with E-state index < -0.39 is 5.97 Å². The van der Waals surface area contributed by atoms with Crippen molar-refractivity contribution in [2.24, 2.45) is 5.92 Å². The molecule has 2 atom stereocenters. The molecule has 1 heterocycles. The summed E-state index contributed by atoms with van der Waals surface area (Å²) in [5.41, 5.74) is 0.864. The Morgan fingerprint density at radius 3 is 3.00 bits per heavy atom. The highest BCUT2D eigenvalue weighted by Crippen LogP contribution is 2.50. The van der Waals surface area contributed by atoms with Crippen molar-refractivity contribution >= 4 is 39.1 Å². The van der Waals surface area contributed by atoms with Crippen LogP contribution in [0.25, 0.3) is 10.2 Å². The molecule has 5 heteroatoms. The first-order chi connectivity index (χ1) is 7.66. The van der Waals surface area contributed by atoms with Gasteiger partial charge in [0.1, 0.15) is 0 Å². The highest BCUT2D eigenvalue weighted by molar-refractivity contribution is 7.19. The molecule has 0 spiro atoms. The summed E-state index contributed by atoms with van der Waals surface area (Å²) >= 11 is 7.56. The summed E-state index contributed by atoms with van der Waals surface area (Å²) in [4.78, 5) is 15.2. The summed E-state index contributed by atoms with van der Waals surface area (Å²) in [5.74, 6) is -0.888. The van der Waals surface area contributed by atoms with Crippen LogP contribution in [0.15, 0.2) is 18.2 Å². The number of hydrogen-bond donors (Lipinski definition) is 1. The molecule has 16 heavy (non-hydrogen) atoms. The molecule has 3 rings (SSSR count). The number of thiazole rings is 1. The van der Waals surface area contributed by atoms with Gasteiger partial charge in [-0.05, 0) is 18.6 Å². The van der Waals surface area contributed by atoms with E-state index in [0.717, 1.165) is 15.2 Å². The summed E-state index contributed by atoms with van der Waals surface area (Å²) in [6.45, 7) is 0. The molecule has 1 fully saturated rings. The number of carboxylic acid groups (broad SMARTS) is 1. The van der Waals surface area contributed by atoms with Crippen molar-refractivity contribution in [2.45, 2.75) is 12.3 Å². The van der Waals surface area contributed by atoms with Crippen LogP contribution in [0.1, 0.15) is 17.3 Å². The number of carboxylic acids is 1. The molecule has 2 unspecified atom stereocenters. The van der Waals surface area contributed by atoms with Gasteiger partial charge in [0.05, 0.1) is 26.2 Å². The standard InChI is InChI=1S/C11H8ClNO2S/c12-7-2-1-3-8-9(7)16-10(13-8)5-4-6(5)11(14)15/h1-3,5-6H,4H2,(H,14,15). The van der Waals surface area contributed by atoms with Crippen LogP contribution in [0, 0.1) is 5.92 Å². The summed E-state index contributed by atoms with van der Waals surface area (Å²) in [6.07, 6.45) is 0.701. The fraction of sp³-hybridized carbons (Fsp3) is 0.273. The number of rotatable bonds is 2. The minimum Gasteiger partial charge on any atom is -0.481 e. The van der Waals surface area contributed by atoms with Gasteiger partial charge in [-0.1, -0.05) is 17.7 Å². The van der Waals surface area contributed by atoms with E-state index in [1.165, 1.54) is 11.3 Å². The van der Waals surface area contributed by atoms with Gasteiger partial charge in [0, 0.05) is 5.92 Å². The van der Waals surface area contributed by atoms with E-state index in [0.29, 0.717) is 11.4 Å². The predicted octanol–water partition coefficient (Wildman–Crippen LogP) is 3.14. The van der Waals surface area contributed by atoms with Crippen molar-refractivity contribution in [2.75, 3.05) is 0 Å². The van der Waals surface area contributed by atoms with E-state index in [4.69, 9.17) is 16.7 Å². The van der Waals surface area contributed by atoms with Gasteiger partial charge in [-0.25, -0.2) is 4.98 Å². The van der Waals surface area contributed by atoms with Crippen LogP contribution in [-0.4, -0.2) is 16.1 Å². The first-order valence-electron chi connectivity index (χ1n) is 4.94. The molecule has 1 aromatic carbocycles. The van der Waals surface area contributed by atoms with Crippen LogP contribution >= 0.6 is 22.9 Å². The average Bonchev–Trinajstić information content (AvgIpc) is 2.92. The van der Waals surface area contributed by atoms with Crippen LogP contribution in [0.4, 0.5) is 0 Å². The maximum absolute atomic E-state index is 10.8. The molecule has 1 saturated carbocycles. The molecule has 1 aliphatic carbocycles. The molecular weight excluding hydrogens is 246 g/mol. The van der Waals surface area contributed by atoms with E-state index in [9.17, 15) is 4.79 Å². The van der Waals surface area contributed by atoms with Crippen LogP contribution in [0.5, 0.6) is 0 Å². The molecule has 1 aromatic heterocycles. The Balaban J connectivity index is 2.01. The Morgan fingerprint density at radius 2 is 2.38 bits per heavy atom. The molecule has 0 aliphatic heterocycles. The summed E-state index contributed by atoms with van der Waals surface area (Å²) in [7, 11) is 0. The monoisotopic (exact) mass is 253 g/mol. The maximum atomic E-state index is 10.8. The Kier molecular flexibility index (Phi) is 2.16. The Morgan fingerprint density at radius 1 is 1.56 bits per heavy atom. The third kappa shape index (κ3) is 1.49. The van der Waals surface area contributed by atoms with Gasteiger partial charge in [-0.15, -0.1) is 11.3 Å². The van der Waals surface area contributed by atoms with E-state index in [1.807, 2.05) is 18.2 Å². The molecule has 3 nitrogen and oxygen atoms in total. The first kappa shape index (κ1) is 10.1. The average molecular weight is 254 g/mol. The fourth-order valence-corrected chi connectivity index (χ4v) is 3.27. The zero-order chi connectivity index (χ0) is 11.3. The van der Waals surface area contributed by atoms with Gasteiger partial charge >= 0.3 is 5.97 Å². The Labute approximate surface area is 101 Å². The molecule has 82 valence electrons. The van der Waals surface area contributed by atoms with Gasteiger partial charge in [0.2, 0.25) is 0 Å². The van der Waals surface area contributed by atoms with Crippen LogP contribution in [0.3, 0.4) is 0 Å². The zero-order valence-corrected chi connectivity index (χ0v) is 9.76. The molecule has 0 saturated heterocycles. The number of nitrogens with zero attached hydrogens (tertiary/aromatic N) is 1. The zero-order valence-electron chi connectivity index (χ0n) is 8.18. The molecule has 1 aliphatic rings. The van der Waals surface area contributed by atoms with Crippen molar-refractivity contribution in [3.63, 3.8) is 0 Å². The first-order valence-corrected chi connectivity index (χ1v) is 6.14. The molecule has 2 aromatic rings. The highest BCUT2D eigenvalue weighted by Gasteiger charge is 2.46. The Hall–Kier alpha value is -1.13. The quantitative estimate of drug-likeness (QED) is 0.895. The van der Waals surface area contributed by atoms with E-state index in [2.05, 4.69) is 4.98 Å². The lowest BCUT2D eigenvalue weighted by Crippen LogP contribution is -1.98. The van der Waals surface area contributed by atoms with E-state index in [1.54, 1.807) is 0 Å². The smallest absolute Gasteiger partial charge is 0.307 e. The lowest BCUT2D eigenvalue weighted by molar-refractivity contribution is -0.138. The molecule has 0 amide bonds. The van der Waals surface area contributed by atoms with Crippen molar-refractivity contribution in [1.29, 1.82) is 0 Å². The van der Waals surface area contributed by atoms with Gasteiger partial charge in [0.25, 0.3) is 0 Å². The molecular formula is C11H8ClNO2S. The number of aliphatic carboxylic acids is 1. The third-order valence-electron chi connectivity index (χ3n) is 2.81. The van der Waals surface area contributed by atoms with Crippen molar-refractivity contribution in [3.05, 3.63) is 28.2 Å². The summed E-state index contributed by atoms with van der Waals surface area (Å²) in [6, 6.07) is 5.59. The Bertz CT molecular complexity index is 580. The number of aromatic nitrogens is 1. The third-order valence-corrected chi connectivity index (χ3v) is 4.47. The van der Waals surface area contributed by atoms with Crippen molar-refractivity contribution in [1.82, 2.24) is 4.98 Å². The largest absolute Gasteiger partial charge is 0.481 e. The van der Waals surface area contributed by atoms with Crippen molar-refractivity contribution < 1.29 is 9.90 Å². The number of benzene rings is 1. The number of hydrogen-bond acceptors (Lipinski definition) is 3. The molecule has 1 N–H and O–H groups in total. The van der Waals surface area contributed by atoms with Gasteiger partial charge in [-0.2, -0.15) is 0 Å². The molecule has 0 radical (unpaired) electrons. The van der Waals surface area contributed by atoms with Crippen molar-refractivity contribution in [3.8, 4) is 0 Å². The summed E-state index contributed by atoms with van der Waals surface area (Å²) < 4.78 is 0.954. The van der Waals surface area contributed by atoms with Crippen LogP contribution in [0.2, 0.25) is 5.02 Å². The second kappa shape index (κ2) is 3.43. The fourth-order valence-electron chi connectivity index (χ4n) is 1.83. The topological polar surface area (TPSA) is 50.2 Å². The minimum atomic E-state index is -0.727. The van der Waals surface area contributed by atoms with E-state index in [-0.39, 0.29) is 11.8 Å². The maximum Gasteiger partial charge on any atom is 0.307 e. The SMILES string of the molecule is O=C(O)C1CC1c1nc2cccc(Cl)c2s1. The van der Waals surface area contributed by atoms with Crippen LogP contribution < -0.4 is 0 Å². The second-order valence-corrected chi connectivity index (χ2v) is 5.36. The number of fused-ring (bicyclic) bond motifs is 1. The van der Waals surface area contributed by atoms with Crippen LogP contribution in [-0.2, 0) is 4.79 Å². The number of carbonyl (C=O) groups is 1. The van der Waals surface area contributed by atoms with Gasteiger partial charge < -0.3 is 5.11 Å².